The maximum absolute atomic E-state index is 12.4. The number of methoxy groups -OCH3 is 1. The molecule has 5 heteroatoms. The van der Waals surface area contributed by atoms with Crippen molar-refractivity contribution in [2.75, 3.05) is 27.7 Å². The fourth-order valence-electron chi connectivity index (χ4n) is 2.96. The fraction of sp³-hybridized carbons (Fsp3) is 0.562. The van der Waals surface area contributed by atoms with Crippen molar-refractivity contribution < 1.29 is 9.53 Å². The van der Waals surface area contributed by atoms with Crippen LogP contribution in [0.3, 0.4) is 0 Å². The Morgan fingerprint density at radius 3 is 2.62 bits per heavy atom. The normalized spacial score (nSPS) is 17.0. The monoisotopic (exact) mass is 354 g/mol. The van der Waals surface area contributed by atoms with Crippen LogP contribution in [-0.4, -0.2) is 44.1 Å². The highest BCUT2D eigenvalue weighted by Crippen LogP contribution is 2.33. The first-order valence-electron chi connectivity index (χ1n) is 7.28. The van der Waals surface area contributed by atoms with Crippen LogP contribution in [0, 0.1) is 0 Å². The van der Waals surface area contributed by atoms with Crippen molar-refractivity contribution in [1.82, 2.24) is 10.2 Å². The predicted octanol–water partition coefficient (Wildman–Crippen LogP) is 3.06. The van der Waals surface area contributed by atoms with Gasteiger partial charge in [-0.25, -0.2) is 0 Å². The van der Waals surface area contributed by atoms with Crippen LogP contribution < -0.4 is 10.1 Å². The predicted molar refractivity (Wildman–Crippen MR) is 87.9 cm³/mol. The lowest BCUT2D eigenvalue weighted by Crippen LogP contribution is -2.50. The van der Waals surface area contributed by atoms with Gasteiger partial charge in [-0.05, 0) is 61.1 Å². The summed E-state index contributed by atoms with van der Waals surface area (Å²) in [6.45, 7) is 0.683. The average molecular weight is 355 g/mol. The van der Waals surface area contributed by atoms with Gasteiger partial charge in [0.25, 0.3) is 5.91 Å². The minimum atomic E-state index is -0.0612. The Bertz CT molecular complexity index is 511. The summed E-state index contributed by atoms with van der Waals surface area (Å²) < 4.78 is 5.97. The highest BCUT2D eigenvalue weighted by molar-refractivity contribution is 9.10. The van der Waals surface area contributed by atoms with E-state index in [1.807, 2.05) is 12.1 Å². The van der Waals surface area contributed by atoms with Crippen molar-refractivity contribution in [3.63, 3.8) is 0 Å². The van der Waals surface area contributed by atoms with E-state index < -0.39 is 0 Å². The van der Waals surface area contributed by atoms with Gasteiger partial charge in [-0.2, -0.15) is 0 Å². The molecule has 0 aliphatic heterocycles. The quantitative estimate of drug-likeness (QED) is 0.883. The first kappa shape index (κ1) is 16.3. The number of hydrogen-bond acceptors (Lipinski definition) is 3. The van der Waals surface area contributed by atoms with Crippen LogP contribution in [0.15, 0.2) is 22.7 Å². The molecule has 1 fully saturated rings. The van der Waals surface area contributed by atoms with Crippen molar-refractivity contribution in [3.8, 4) is 5.75 Å². The molecular formula is C16H23BrN2O2. The lowest BCUT2D eigenvalue weighted by Gasteiger charge is -2.36. The van der Waals surface area contributed by atoms with Gasteiger partial charge in [-0.1, -0.05) is 12.8 Å². The number of carbonyl (C=O) groups is 1. The third-order valence-electron chi connectivity index (χ3n) is 4.48. The number of halogens is 1. The number of nitrogens with one attached hydrogen (secondary N) is 1. The number of amides is 1. The lowest BCUT2D eigenvalue weighted by molar-refractivity contribution is 0.0899. The van der Waals surface area contributed by atoms with Gasteiger partial charge in [-0.3, -0.25) is 4.79 Å². The molecule has 1 aliphatic carbocycles. The second kappa shape index (κ2) is 6.79. The van der Waals surface area contributed by atoms with Gasteiger partial charge in [0.05, 0.1) is 12.7 Å². The molecule has 0 aromatic heterocycles. The van der Waals surface area contributed by atoms with Gasteiger partial charge in [0.1, 0.15) is 5.75 Å². The second-order valence-electron chi connectivity index (χ2n) is 5.85. The van der Waals surface area contributed by atoms with Crippen LogP contribution in [0.4, 0.5) is 0 Å². The molecule has 0 spiro atoms. The Balaban J connectivity index is 2.08. The number of benzene rings is 1. The Morgan fingerprint density at radius 1 is 1.38 bits per heavy atom. The Hall–Kier alpha value is -1.07. The summed E-state index contributed by atoms with van der Waals surface area (Å²) in [5.41, 5.74) is 0.710. The maximum atomic E-state index is 12.4. The van der Waals surface area contributed by atoms with E-state index in [0.717, 1.165) is 17.3 Å². The van der Waals surface area contributed by atoms with Crippen LogP contribution in [-0.2, 0) is 0 Å². The van der Waals surface area contributed by atoms with Crippen molar-refractivity contribution in [1.29, 1.82) is 0 Å². The second-order valence-corrected chi connectivity index (χ2v) is 6.71. The summed E-state index contributed by atoms with van der Waals surface area (Å²) in [5, 5.41) is 3.09. The summed E-state index contributed by atoms with van der Waals surface area (Å²) in [4.78, 5) is 14.7. The number of carbonyl (C=O) groups excluding carboxylic acids is 1. The van der Waals surface area contributed by atoms with Gasteiger partial charge in [-0.15, -0.1) is 0 Å². The number of hydrogen-bond donors (Lipinski definition) is 1. The molecule has 1 amide bonds. The van der Waals surface area contributed by atoms with Gasteiger partial charge >= 0.3 is 0 Å². The van der Waals surface area contributed by atoms with Gasteiger partial charge in [0, 0.05) is 16.6 Å². The number of rotatable bonds is 5. The van der Waals surface area contributed by atoms with E-state index >= 15 is 0 Å². The van der Waals surface area contributed by atoms with Gasteiger partial charge in [0.2, 0.25) is 0 Å². The smallest absolute Gasteiger partial charge is 0.252 e. The molecule has 0 atom stereocenters. The van der Waals surface area contributed by atoms with E-state index in [2.05, 4.69) is 40.2 Å². The summed E-state index contributed by atoms with van der Waals surface area (Å²) in [7, 11) is 5.79. The fourth-order valence-corrected chi connectivity index (χ4v) is 3.39. The third kappa shape index (κ3) is 3.58. The topological polar surface area (TPSA) is 41.6 Å². The minimum Gasteiger partial charge on any atom is -0.497 e. The minimum absolute atomic E-state index is 0.0612. The molecule has 1 aliphatic rings. The molecule has 1 N–H and O–H groups in total. The summed E-state index contributed by atoms with van der Waals surface area (Å²) in [6, 6.07) is 5.43. The first-order valence-corrected chi connectivity index (χ1v) is 8.07. The average Bonchev–Trinajstić information content (AvgIpc) is 2.95. The molecule has 0 unspecified atom stereocenters. The molecule has 1 aromatic carbocycles. The van der Waals surface area contributed by atoms with Crippen molar-refractivity contribution in [2.24, 2.45) is 0 Å². The van der Waals surface area contributed by atoms with Crippen molar-refractivity contribution in [2.45, 2.75) is 31.2 Å². The van der Waals surface area contributed by atoms with Crippen LogP contribution in [0.1, 0.15) is 36.0 Å². The zero-order valence-electron chi connectivity index (χ0n) is 12.9. The maximum Gasteiger partial charge on any atom is 0.252 e. The van der Waals surface area contributed by atoms with Crippen LogP contribution in [0.5, 0.6) is 5.75 Å². The van der Waals surface area contributed by atoms with E-state index in [0.29, 0.717) is 17.9 Å². The molecule has 21 heavy (non-hydrogen) atoms. The van der Waals surface area contributed by atoms with Crippen LogP contribution >= 0.6 is 15.9 Å². The van der Waals surface area contributed by atoms with Crippen molar-refractivity contribution in [3.05, 3.63) is 28.2 Å². The highest BCUT2D eigenvalue weighted by Gasteiger charge is 2.36. The molecule has 2 rings (SSSR count). The number of nitrogens with zero attached hydrogens (tertiary/aromatic N) is 1. The zero-order chi connectivity index (χ0) is 15.5. The molecule has 0 saturated heterocycles. The number of ether oxygens (including phenoxy) is 1. The molecule has 0 radical (unpaired) electrons. The van der Waals surface area contributed by atoms with Crippen molar-refractivity contribution >= 4 is 21.8 Å². The standard InChI is InChI=1S/C16H23BrN2O2/c1-19(2)16(8-4-5-9-16)11-18-15(20)13-10-12(21-3)6-7-14(13)17/h6-7,10H,4-5,8-9,11H2,1-3H3,(H,18,20). The van der Waals surface area contributed by atoms with Crippen LogP contribution in [0.2, 0.25) is 0 Å². The third-order valence-corrected chi connectivity index (χ3v) is 5.17. The summed E-state index contributed by atoms with van der Waals surface area (Å²) in [6.07, 6.45) is 4.74. The van der Waals surface area contributed by atoms with Gasteiger partial charge in [0.15, 0.2) is 0 Å². The number of likely N-dealkylation sites (N-methyl/N-ethyl adjacent to an activating group) is 1. The molecule has 1 saturated carbocycles. The summed E-state index contributed by atoms with van der Waals surface area (Å²) in [5.74, 6) is 0.625. The molecule has 116 valence electrons. The SMILES string of the molecule is COc1ccc(Br)c(C(=O)NCC2(N(C)C)CCCC2)c1. The highest BCUT2D eigenvalue weighted by atomic mass is 79.9. The lowest BCUT2D eigenvalue weighted by atomic mass is 9.96. The Morgan fingerprint density at radius 2 is 2.05 bits per heavy atom. The van der Waals surface area contributed by atoms with E-state index in [1.54, 1.807) is 13.2 Å². The van der Waals surface area contributed by atoms with E-state index in [-0.39, 0.29) is 11.4 Å². The molecular weight excluding hydrogens is 332 g/mol. The molecule has 4 nitrogen and oxygen atoms in total. The van der Waals surface area contributed by atoms with Gasteiger partial charge < -0.3 is 15.0 Å². The van der Waals surface area contributed by atoms with E-state index in [1.165, 1.54) is 12.8 Å². The largest absolute Gasteiger partial charge is 0.497 e. The van der Waals surface area contributed by atoms with Crippen LogP contribution in [0.25, 0.3) is 0 Å². The Labute approximate surface area is 135 Å². The molecule has 1 aromatic rings. The molecule has 0 bridgehead atoms. The molecule has 0 heterocycles. The zero-order valence-corrected chi connectivity index (χ0v) is 14.5. The Kier molecular flexibility index (Phi) is 5.27. The van der Waals surface area contributed by atoms with E-state index in [4.69, 9.17) is 4.74 Å². The first-order chi connectivity index (χ1) is 9.98. The van der Waals surface area contributed by atoms with E-state index in [9.17, 15) is 4.79 Å². The summed E-state index contributed by atoms with van der Waals surface area (Å²) >= 11 is 3.43.